The van der Waals surface area contributed by atoms with Crippen molar-refractivity contribution < 1.29 is 19.1 Å². The van der Waals surface area contributed by atoms with Gasteiger partial charge >= 0.3 is 6.03 Å². The van der Waals surface area contributed by atoms with Crippen LogP contribution in [-0.2, 0) is 9.59 Å². The molecule has 1 aliphatic carbocycles. The molecule has 1 aliphatic rings. The van der Waals surface area contributed by atoms with Crippen LogP contribution in [0.4, 0.5) is 10.5 Å². The zero-order valence-corrected chi connectivity index (χ0v) is 16.6. The van der Waals surface area contributed by atoms with Gasteiger partial charge in [-0.3, -0.25) is 14.9 Å². The zero-order valence-electron chi connectivity index (χ0n) is 16.6. The number of carbonyl (C=O) groups is 3. The van der Waals surface area contributed by atoms with Gasteiger partial charge in [-0.25, -0.2) is 4.79 Å². The zero-order chi connectivity index (χ0) is 20.5. The van der Waals surface area contributed by atoms with Gasteiger partial charge in [-0.1, -0.05) is 19.8 Å². The third-order valence-electron chi connectivity index (χ3n) is 5.08. The topological polar surface area (TPSA) is 114 Å². The number of nitrogens with two attached hydrogens (primary N) is 1. The van der Waals surface area contributed by atoms with E-state index in [4.69, 9.17) is 10.5 Å². The number of ether oxygens (including phenoxy) is 1. The Morgan fingerprint density at radius 2 is 1.86 bits per heavy atom. The molecule has 1 aromatic rings. The Morgan fingerprint density at radius 1 is 1.18 bits per heavy atom. The molecule has 4 N–H and O–H groups in total. The summed E-state index contributed by atoms with van der Waals surface area (Å²) >= 11 is 0. The van der Waals surface area contributed by atoms with Gasteiger partial charge in [-0.15, -0.1) is 0 Å². The lowest BCUT2D eigenvalue weighted by Gasteiger charge is -2.29. The monoisotopic (exact) mass is 390 g/mol. The minimum atomic E-state index is -0.478. The second-order valence-electron chi connectivity index (χ2n) is 7.23. The van der Waals surface area contributed by atoms with Gasteiger partial charge in [0.05, 0.1) is 13.7 Å². The standard InChI is InChI=1S/C20H30N4O4/c1-14-5-3-4-6-17(14)22-20(27)23-19(26)13-24(12-11-18(21)25)15-7-9-16(28-2)10-8-15/h7-10,14,17H,3-6,11-13H2,1-2H3,(H2,21,25)(H2,22,23,26,27)/t14-,17-/m1/s1. The SMILES string of the molecule is COc1ccc(N(CCC(N)=O)CC(=O)NC(=O)N[C@@H]2CCCC[C@H]2C)cc1. The maximum atomic E-state index is 12.4. The van der Waals surface area contributed by atoms with Crippen molar-refractivity contribution in [2.45, 2.75) is 45.1 Å². The van der Waals surface area contributed by atoms with E-state index in [2.05, 4.69) is 17.6 Å². The highest BCUT2D eigenvalue weighted by molar-refractivity contribution is 5.96. The van der Waals surface area contributed by atoms with E-state index in [1.165, 1.54) is 6.42 Å². The molecule has 8 heteroatoms. The Kier molecular flexibility index (Phi) is 8.10. The number of carbonyl (C=O) groups excluding carboxylic acids is 3. The summed E-state index contributed by atoms with van der Waals surface area (Å²) in [6, 6.07) is 6.72. The van der Waals surface area contributed by atoms with E-state index in [1.807, 2.05) is 0 Å². The summed E-state index contributed by atoms with van der Waals surface area (Å²) < 4.78 is 5.14. The van der Waals surface area contributed by atoms with E-state index >= 15 is 0 Å². The maximum absolute atomic E-state index is 12.4. The van der Waals surface area contributed by atoms with Crippen LogP contribution in [-0.4, -0.2) is 44.1 Å². The molecule has 0 aromatic heterocycles. The minimum Gasteiger partial charge on any atom is -0.497 e. The van der Waals surface area contributed by atoms with Gasteiger partial charge in [0, 0.05) is 24.7 Å². The molecule has 0 aliphatic heterocycles. The number of anilines is 1. The first-order chi connectivity index (χ1) is 13.4. The van der Waals surface area contributed by atoms with Crippen molar-refractivity contribution in [2.24, 2.45) is 11.7 Å². The molecule has 0 unspecified atom stereocenters. The van der Waals surface area contributed by atoms with Gasteiger partial charge in [-0.2, -0.15) is 0 Å². The number of nitrogens with one attached hydrogen (secondary N) is 2. The molecule has 4 amide bonds. The molecular formula is C20H30N4O4. The van der Waals surface area contributed by atoms with E-state index in [0.717, 1.165) is 24.9 Å². The molecule has 28 heavy (non-hydrogen) atoms. The maximum Gasteiger partial charge on any atom is 0.321 e. The number of hydrogen-bond donors (Lipinski definition) is 3. The molecule has 1 aromatic carbocycles. The third-order valence-corrected chi connectivity index (χ3v) is 5.08. The lowest BCUT2D eigenvalue weighted by Crippen LogP contribution is -2.50. The molecule has 1 fully saturated rings. The fourth-order valence-electron chi connectivity index (χ4n) is 3.41. The van der Waals surface area contributed by atoms with Crippen LogP contribution in [0.2, 0.25) is 0 Å². The van der Waals surface area contributed by atoms with E-state index in [0.29, 0.717) is 11.7 Å². The fraction of sp³-hybridized carbons (Fsp3) is 0.550. The average Bonchev–Trinajstić information content (AvgIpc) is 2.67. The van der Waals surface area contributed by atoms with Crippen LogP contribution in [0.5, 0.6) is 5.75 Å². The van der Waals surface area contributed by atoms with Gasteiger partial charge in [0.15, 0.2) is 0 Å². The lowest BCUT2D eigenvalue weighted by molar-refractivity contribution is -0.120. The highest BCUT2D eigenvalue weighted by Crippen LogP contribution is 2.23. The first kappa shape index (κ1) is 21.5. The lowest BCUT2D eigenvalue weighted by atomic mass is 9.86. The number of methoxy groups -OCH3 is 1. The van der Waals surface area contributed by atoms with Crippen molar-refractivity contribution in [2.75, 3.05) is 25.1 Å². The highest BCUT2D eigenvalue weighted by Gasteiger charge is 2.23. The predicted molar refractivity (Wildman–Crippen MR) is 107 cm³/mol. The molecular weight excluding hydrogens is 360 g/mol. The normalized spacial score (nSPS) is 18.8. The smallest absolute Gasteiger partial charge is 0.321 e. The largest absolute Gasteiger partial charge is 0.497 e. The van der Waals surface area contributed by atoms with Crippen LogP contribution in [0, 0.1) is 5.92 Å². The van der Waals surface area contributed by atoms with E-state index < -0.39 is 17.8 Å². The predicted octanol–water partition coefficient (Wildman–Crippen LogP) is 1.78. The Bertz CT molecular complexity index is 677. The van der Waals surface area contributed by atoms with Gasteiger partial charge in [-0.05, 0) is 43.0 Å². The number of benzene rings is 1. The molecule has 0 spiro atoms. The van der Waals surface area contributed by atoms with Crippen LogP contribution in [0.25, 0.3) is 0 Å². The number of urea groups is 1. The van der Waals surface area contributed by atoms with Crippen molar-refractivity contribution in [1.82, 2.24) is 10.6 Å². The summed E-state index contributed by atoms with van der Waals surface area (Å²) in [6.07, 6.45) is 4.37. The van der Waals surface area contributed by atoms with Crippen molar-refractivity contribution in [3.05, 3.63) is 24.3 Å². The Labute approximate surface area is 165 Å². The average molecular weight is 390 g/mol. The summed E-state index contributed by atoms with van der Waals surface area (Å²) in [5, 5.41) is 5.28. The molecule has 2 rings (SSSR count). The van der Waals surface area contributed by atoms with Crippen molar-refractivity contribution >= 4 is 23.5 Å². The quantitative estimate of drug-likeness (QED) is 0.626. The molecule has 0 radical (unpaired) electrons. The van der Waals surface area contributed by atoms with E-state index in [1.54, 1.807) is 36.3 Å². The van der Waals surface area contributed by atoms with Gasteiger partial charge in [0.1, 0.15) is 5.75 Å². The van der Waals surface area contributed by atoms with E-state index in [-0.39, 0.29) is 25.6 Å². The number of imide groups is 1. The number of amides is 4. The molecule has 2 atom stereocenters. The first-order valence-electron chi connectivity index (χ1n) is 9.66. The molecule has 154 valence electrons. The van der Waals surface area contributed by atoms with Crippen molar-refractivity contribution in [3.63, 3.8) is 0 Å². The van der Waals surface area contributed by atoms with Gasteiger partial charge in [0.25, 0.3) is 0 Å². The number of hydrogen-bond acceptors (Lipinski definition) is 5. The fourth-order valence-corrected chi connectivity index (χ4v) is 3.41. The van der Waals surface area contributed by atoms with E-state index in [9.17, 15) is 14.4 Å². The van der Waals surface area contributed by atoms with Crippen LogP contribution < -0.4 is 26.0 Å². The number of rotatable bonds is 8. The summed E-state index contributed by atoms with van der Waals surface area (Å²) in [4.78, 5) is 37.4. The minimum absolute atomic E-state index is 0.0623. The number of nitrogens with zero attached hydrogens (tertiary/aromatic N) is 1. The second-order valence-corrected chi connectivity index (χ2v) is 7.23. The summed E-state index contributed by atoms with van der Waals surface area (Å²) in [5.41, 5.74) is 5.98. The van der Waals surface area contributed by atoms with Crippen LogP contribution in [0.3, 0.4) is 0 Å². The molecule has 8 nitrogen and oxygen atoms in total. The Balaban J connectivity index is 1.94. The summed E-state index contributed by atoms with van der Waals surface area (Å²) in [5.74, 6) is 0.189. The third kappa shape index (κ3) is 6.75. The van der Waals surface area contributed by atoms with Gasteiger partial charge in [0.2, 0.25) is 11.8 Å². The Hall–Kier alpha value is -2.77. The second kappa shape index (κ2) is 10.5. The molecule has 0 heterocycles. The molecule has 1 saturated carbocycles. The molecule has 0 saturated heterocycles. The van der Waals surface area contributed by atoms with Crippen LogP contribution >= 0.6 is 0 Å². The molecule has 0 bridgehead atoms. The van der Waals surface area contributed by atoms with Crippen LogP contribution in [0.15, 0.2) is 24.3 Å². The van der Waals surface area contributed by atoms with Crippen molar-refractivity contribution in [1.29, 1.82) is 0 Å². The summed E-state index contributed by atoms with van der Waals surface area (Å²) in [7, 11) is 1.57. The van der Waals surface area contributed by atoms with Crippen molar-refractivity contribution in [3.8, 4) is 5.75 Å². The Morgan fingerprint density at radius 3 is 2.46 bits per heavy atom. The van der Waals surface area contributed by atoms with Gasteiger partial charge < -0.3 is 20.7 Å². The number of primary amides is 1. The van der Waals surface area contributed by atoms with Crippen LogP contribution in [0.1, 0.15) is 39.0 Å². The summed E-state index contributed by atoms with van der Waals surface area (Å²) in [6.45, 7) is 2.32. The highest BCUT2D eigenvalue weighted by atomic mass is 16.5. The first-order valence-corrected chi connectivity index (χ1v) is 9.66.